The fourth-order valence-electron chi connectivity index (χ4n) is 1.21. The molecule has 98 valence electrons. The second-order valence-corrected chi connectivity index (χ2v) is 4.49. The van der Waals surface area contributed by atoms with E-state index in [1.165, 1.54) is 0 Å². The molecule has 0 spiro atoms. The predicted molar refractivity (Wildman–Crippen MR) is 57.5 cm³/mol. The second kappa shape index (κ2) is 6.64. The molecule has 0 amide bonds. The minimum Gasteiger partial charge on any atom is -0.396 e. The van der Waals surface area contributed by atoms with Gasteiger partial charge in [0.25, 0.3) is 0 Å². The molecule has 9 heteroatoms. The summed E-state index contributed by atoms with van der Waals surface area (Å²) in [6.45, 7) is 0.446. The third-order valence-corrected chi connectivity index (χ3v) is 2.41. The molecule has 0 saturated carbocycles. The van der Waals surface area contributed by atoms with E-state index in [4.69, 9.17) is 9.66 Å². The van der Waals surface area contributed by atoms with Crippen molar-refractivity contribution in [3.8, 4) is 0 Å². The summed E-state index contributed by atoms with van der Waals surface area (Å²) in [4.78, 5) is 0. The molecule has 1 heterocycles. The zero-order chi connectivity index (χ0) is 12.7. The molecule has 0 bridgehead atoms. The molecular formula is C8H15N3O5S. The van der Waals surface area contributed by atoms with Crippen molar-refractivity contribution in [3.05, 3.63) is 11.9 Å². The summed E-state index contributed by atoms with van der Waals surface area (Å²) < 4.78 is 34.5. The fourth-order valence-corrected chi connectivity index (χ4v) is 1.54. The van der Waals surface area contributed by atoms with Crippen LogP contribution in [0.5, 0.6) is 0 Å². The predicted octanol–water partition coefficient (Wildman–Crippen LogP) is -0.588. The molecule has 2 N–H and O–H groups in total. The van der Waals surface area contributed by atoms with Crippen molar-refractivity contribution in [2.24, 2.45) is 0 Å². The Bertz CT molecular complexity index is 430. The van der Waals surface area contributed by atoms with Gasteiger partial charge in [-0.25, -0.2) is 4.18 Å². The zero-order valence-corrected chi connectivity index (χ0v) is 10.0. The van der Waals surface area contributed by atoms with Gasteiger partial charge in [0.15, 0.2) is 0 Å². The Morgan fingerprint density at radius 1 is 1.41 bits per heavy atom. The molecule has 0 unspecified atom stereocenters. The molecule has 0 aliphatic heterocycles. The maximum atomic E-state index is 10.2. The van der Waals surface area contributed by atoms with E-state index in [0.717, 1.165) is 5.69 Å². The lowest BCUT2D eigenvalue weighted by atomic mass is 10.3. The van der Waals surface area contributed by atoms with E-state index in [1.807, 2.05) is 0 Å². The number of aliphatic hydroxyl groups excluding tert-OH is 1. The SMILES string of the molecule is O=S(=O)(O)OCCCn1cc(CCCO)nn1. The Labute approximate surface area is 99.2 Å². The van der Waals surface area contributed by atoms with Crippen LogP contribution in [0.3, 0.4) is 0 Å². The smallest absolute Gasteiger partial charge is 0.396 e. The van der Waals surface area contributed by atoms with Gasteiger partial charge in [0.05, 0.1) is 12.3 Å². The number of hydrogen-bond acceptors (Lipinski definition) is 6. The first kappa shape index (κ1) is 14.0. The molecule has 1 rings (SSSR count). The van der Waals surface area contributed by atoms with Crippen molar-refractivity contribution in [3.63, 3.8) is 0 Å². The first-order chi connectivity index (χ1) is 8.01. The summed E-state index contributed by atoms with van der Waals surface area (Å²) in [6, 6.07) is 0. The lowest BCUT2D eigenvalue weighted by Gasteiger charge is -1.99. The average Bonchev–Trinajstić information content (AvgIpc) is 2.68. The third kappa shape index (κ3) is 6.31. The highest BCUT2D eigenvalue weighted by Gasteiger charge is 2.04. The number of aromatic nitrogens is 3. The topological polar surface area (TPSA) is 115 Å². The first-order valence-electron chi connectivity index (χ1n) is 5.13. The van der Waals surface area contributed by atoms with Crippen LogP contribution in [0, 0.1) is 0 Å². The van der Waals surface area contributed by atoms with Crippen LogP contribution in [0.25, 0.3) is 0 Å². The minimum atomic E-state index is -4.36. The van der Waals surface area contributed by atoms with Gasteiger partial charge in [-0.3, -0.25) is 9.23 Å². The van der Waals surface area contributed by atoms with E-state index in [9.17, 15) is 8.42 Å². The average molecular weight is 265 g/mol. The Kier molecular flexibility index (Phi) is 5.48. The highest BCUT2D eigenvalue weighted by atomic mass is 32.3. The zero-order valence-electron chi connectivity index (χ0n) is 9.19. The van der Waals surface area contributed by atoms with E-state index < -0.39 is 10.4 Å². The molecule has 0 aliphatic rings. The summed E-state index contributed by atoms with van der Waals surface area (Å²) in [7, 11) is -4.36. The van der Waals surface area contributed by atoms with Crippen LogP contribution in [-0.4, -0.2) is 46.3 Å². The molecule has 1 aromatic heterocycles. The molecule has 0 aliphatic carbocycles. The number of hydrogen-bond donors (Lipinski definition) is 2. The number of nitrogens with zero attached hydrogens (tertiary/aromatic N) is 3. The monoisotopic (exact) mass is 265 g/mol. The van der Waals surface area contributed by atoms with Gasteiger partial charge in [0, 0.05) is 19.3 Å². The van der Waals surface area contributed by atoms with E-state index in [0.29, 0.717) is 25.8 Å². The van der Waals surface area contributed by atoms with E-state index in [1.54, 1.807) is 10.9 Å². The molecule has 0 saturated heterocycles. The van der Waals surface area contributed by atoms with Crippen LogP contribution in [0.1, 0.15) is 18.5 Å². The van der Waals surface area contributed by atoms with Gasteiger partial charge in [-0.15, -0.1) is 5.10 Å². The van der Waals surface area contributed by atoms with E-state index >= 15 is 0 Å². The summed E-state index contributed by atoms with van der Waals surface area (Å²) in [5.41, 5.74) is 0.773. The van der Waals surface area contributed by atoms with E-state index in [2.05, 4.69) is 14.5 Å². The van der Waals surface area contributed by atoms with Crippen LogP contribution in [0.2, 0.25) is 0 Å². The van der Waals surface area contributed by atoms with Gasteiger partial charge in [-0.05, 0) is 19.3 Å². The molecule has 8 nitrogen and oxygen atoms in total. The highest BCUT2D eigenvalue weighted by Crippen LogP contribution is 1.99. The lowest BCUT2D eigenvalue weighted by Crippen LogP contribution is -2.08. The van der Waals surface area contributed by atoms with Gasteiger partial charge < -0.3 is 5.11 Å². The molecule has 0 radical (unpaired) electrons. The number of rotatable bonds is 8. The lowest BCUT2D eigenvalue weighted by molar-refractivity contribution is 0.257. The summed E-state index contributed by atoms with van der Waals surface area (Å²) in [5, 5.41) is 16.3. The Balaban J connectivity index is 2.25. The van der Waals surface area contributed by atoms with Gasteiger partial charge in [0.2, 0.25) is 0 Å². The quantitative estimate of drug-likeness (QED) is 0.477. The van der Waals surface area contributed by atoms with Crippen LogP contribution < -0.4 is 0 Å². The Morgan fingerprint density at radius 3 is 2.82 bits per heavy atom. The first-order valence-corrected chi connectivity index (χ1v) is 6.49. The van der Waals surface area contributed by atoms with Crippen molar-refractivity contribution in [2.75, 3.05) is 13.2 Å². The summed E-state index contributed by atoms with van der Waals surface area (Å²) in [6.07, 6.45) is 3.40. The Morgan fingerprint density at radius 2 is 2.18 bits per heavy atom. The van der Waals surface area contributed by atoms with Crippen molar-refractivity contribution < 1.29 is 22.3 Å². The normalized spacial score (nSPS) is 11.9. The van der Waals surface area contributed by atoms with Gasteiger partial charge in [-0.1, -0.05) is 5.21 Å². The Hall–Kier alpha value is -1.03. The van der Waals surface area contributed by atoms with Crippen molar-refractivity contribution >= 4 is 10.4 Å². The van der Waals surface area contributed by atoms with Crippen molar-refractivity contribution in [2.45, 2.75) is 25.8 Å². The molecule has 0 fully saturated rings. The molecule has 1 aromatic rings. The van der Waals surface area contributed by atoms with Crippen LogP contribution >= 0.6 is 0 Å². The molecular weight excluding hydrogens is 250 g/mol. The number of aliphatic hydroxyl groups is 1. The minimum absolute atomic E-state index is 0.106. The van der Waals surface area contributed by atoms with Crippen LogP contribution in [-0.2, 0) is 27.5 Å². The van der Waals surface area contributed by atoms with Crippen LogP contribution in [0.4, 0.5) is 0 Å². The highest BCUT2D eigenvalue weighted by molar-refractivity contribution is 7.80. The largest absolute Gasteiger partial charge is 0.397 e. The van der Waals surface area contributed by atoms with Crippen molar-refractivity contribution in [1.82, 2.24) is 15.0 Å². The summed E-state index contributed by atoms with van der Waals surface area (Å²) >= 11 is 0. The van der Waals surface area contributed by atoms with Gasteiger partial charge >= 0.3 is 10.4 Å². The standard InChI is InChI=1S/C8H15N3O5S/c12-5-1-3-8-7-11(10-9-8)4-2-6-16-17(13,14)15/h7,12H,1-6H2,(H,13,14,15). The third-order valence-electron chi connectivity index (χ3n) is 1.94. The maximum absolute atomic E-state index is 10.2. The number of aryl methyl sites for hydroxylation is 2. The molecule has 0 aromatic carbocycles. The van der Waals surface area contributed by atoms with E-state index in [-0.39, 0.29) is 13.2 Å². The summed E-state index contributed by atoms with van der Waals surface area (Å²) in [5.74, 6) is 0. The fraction of sp³-hybridized carbons (Fsp3) is 0.750. The van der Waals surface area contributed by atoms with Gasteiger partial charge in [-0.2, -0.15) is 8.42 Å². The van der Waals surface area contributed by atoms with Crippen LogP contribution in [0.15, 0.2) is 6.20 Å². The molecule has 0 atom stereocenters. The molecule has 17 heavy (non-hydrogen) atoms. The van der Waals surface area contributed by atoms with Crippen molar-refractivity contribution in [1.29, 1.82) is 0 Å². The van der Waals surface area contributed by atoms with Gasteiger partial charge in [0.1, 0.15) is 0 Å². The second-order valence-electron chi connectivity index (χ2n) is 3.40. The maximum Gasteiger partial charge on any atom is 0.397 e.